The summed E-state index contributed by atoms with van der Waals surface area (Å²) in [5.41, 5.74) is -1.37. The van der Waals surface area contributed by atoms with Crippen molar-refractivity contribution in [1.29, 1.82) is 0 Å². The fraction of sp³-hybridized carbons (Fsp3) is 0.857. The summed E-state index contributed by atoms with van der Waals surface area (Å²) in [7, 11) is 0. The van der Waals surface area contributed by atoms with Crippen LogP contribution in [0.25, 0.3) is 0 Å². The van der Waals surface area contributed by atoms with E-state index in [0.29, 0.717) is 6.61 Å². The Morgan fingerprint density at radius 1 is 1.05 bits per heavy atom. The lowest BCUT2D eigenvalue weighted by molar-refractivity contribution is -0.241. The maximum absolute atomic E-state index is 10.9. The monoisotopic (exact) mass is 286 g/mol. The molecule has 0 radical (unpaired) electrons. The zero-order valence-electron chi connectivity index (χ0n) is 12.3. The van der Waals surface area contributed by atoms with Gasteiger partial charge in [-0.15, -0.1) is 6.58 Å². The van der Waals surface area contributed by atoms with Gasteiger partial charge in [0.25, 0.3) is 0 Å². The van der Waals surface area contributed by atoms with Gasteiger partial charge in [-0.05, 0) is 27.7 Å². The summed E-state index contributed by atoms with van der Waals surface area (Å²) in [5.74, 6) is -1.47. The minimum atomic E-state index is -1.37. The molecule has 0 aliphatic carbocycles. The van der Waals surface area contributed by atoms with E-state index in [0.717, 1.165) is 0 Å². The van der Waals surface area contributed by atoms with Gasteiger partial charge in [0.1, 0.15) is 23.9 Å². The molecule has 0 saturated carbocycles. The molecule has 3 heterocycles. The third-order valence-electron chi connectivity index (χ3n) is 3.95. The van der Waals surface area contributed by atoms with Crippen molar-refractivity contribution in [3.63, 3.8) is 0 Å². The number of hydrogen-bond donors (Lipinski definition) is 1. The summed E-state index contributed by atoms with van der Waals surface area (Å²) in [6.45, 7) is 11.3. The van der Waals surface area contributed by atoms with Crippen LogP contribution >= 0.6 is 0 Å². The number of rotatable bonds is 2. The summed E-state index contributed by atoms with van der Waals surface area (Å²) in [6, 6.07) is 0. The molecule has 6 heteroatoms. The van der Waals surface area contributed by atoms with Gasteiger partial charge in [-0.3, -0.25) is 0 Å². The molecule has 2 unspecified atom stereocenters. The summed E-state index contributed by atoms with van der Waals surface area (Å²) in [6.07, 6.45) is -0.832. The zero-order chi connectivity index (χ0) is 14.8. The Bertz CT molecular complexity index is 420. The van der Waals surface area contributed by atoms with Gasteiger partial charge in [0.15, 0.2) is 17.9 Å². The first kappa shape index (κ1) is 14.4. The highest BCUT2D eigenvalue weighted by Crippen LogP contribution is 2.46. The topological polar surface area (TPSA) is 66.4 Å². The lowest BCUT2D eigenvalue weighted by Crippen LogP contribution is -2.52. The van der Waals surface area contributed by atoms with Crippen molar-refractivity contribution in [2.24, 2.45) is 0 Å². The number of fused-ring (bicyclic) bond motifs is 1. The average molecular weight is 286 g/mol. The van der Waals surface area contributed by atoms with Gasteiger partial charge in [-0.25, -0.2) is 0 Å². The molecule has 0 aromatic heterocycles. The number of ether oxygens (including phenoxy) is 5. The standard InChI is InChI=1S/C14H22O6/c1-6-14(15)9(8-7-16-12(2,3)18-8)17-11-10(14)19-13(4,5)20-11/h6,8-11,15H,1,7H2,2-5H3/t8?,9-,10+,11-,14?/m1/s1. The number of hydrogen-bond acceptors (Lipinski definition) is 6. The van der Waals surface area contributed by atoms with E-state index in [1.165, 1.54) is 6.08 Å². The van der Waals surface area contributed by atoms with Crippen molar-refractivity contribution in [3.05, 3.63) is 12.7 Å². The average Bonchev–Trinajstić information content (AvgIpc) is 2.91. The largest absolute Gasteiger partial charge is 0.380 e. The summed E-state index contributed by atoms with van der Waals surface area (Å²) >= 11 is 0. The molecule has 114 valence electrons. The molecule has 0 spiro atoms. The second-order valence-corrected chi connectivity index (χ2v) is 6.44. The van der Waals surface area contributed by atoms with Crippen molar-refractivity contribution in [1.82, 2.24) is 0 Å². The molecular weight excluding hydrogens is 264 g/mol. The van der Waals surface area contributed by atoms with Gasteiger partial charge in [0, 0.05) is 0 Å². The minimum absolute atomic E-state index is 0.344. The summed E-state index contributed by atoms with van der Waals surface area (Å²) < 4.78 is 28.6. The fourth-order valence-corrected chi connectivity index (χ4v) is 3.04. The van der Waals surface area contributed by atoms with E-state index in [2.05, 4.69) is 6.58 Å². The molecule has 1 N–H and O–H groups in total. The van der Waals surface area contributed by atoms with Crippen LogP contribution in [0.15, 0.2) is 12.7 Å². The van der Waals surface area contributed by atoms with E-state index in [-0.39, 0.29) is 0 Å². The number of aliphatic hydroxyl groups is 1. The quantitative estimate of drug-likeness (QED) is 0.762. The van der Waals surface area contributed by atoms with Crippen LogP contribution in [0, 0.1) is 0 Å². The van der Waals surface area contributed by atoms with Crippen LogP contribution in [-0.2, 0) is 23.7 Å². The third-order valence-corrected chi connectivity index (χ3v) is 3.95. The Balaban J connectivity index is 1.83. The maximum Gasteiger partial charge on any atom is 0.191 e. The Kier molecular flexibility index (Phi) is 3.07. The van der Waals surface area contributed by atoms with Crippen molar-refractivity contribution in [2.75, 3.05) is 6.61 Å². The summed E-state index contributed by atoms with van der Waals surface area (Å²) in [5, 5.41) is 10.9. The van der Waals surface area contributed by atoms with E-state index in [1.807, 2.05) is 13.8 Å². The molecule has 3 aliphatic heterocycles. The molecule has 3 rings (SSSR count). The smallest absolute Gasteiger partial charge is 0.191 e. The van der Waals surface area contributed by atoms with E-state index < -0.39 is 41.8 Å². The van der Waals surface area contributed by atoms with Crippen LogP contribution in [0.2, 0.25) is 0 Å². The van der Waals surface area contributed by atoms with Crippen LogP contribution in [0.4, 0.5) is 0 Å². The van der Waals surface area contributed by atoms with Gasteiger partial charge < -0.3 is 28.8 Å². The normalized spacial score (nSPS) is 49.2. The van der Waals surface area contributed by atoms with Crippen LogP contribution in [0.1, 0.15) is 27.7 Å². The Morgan fingerprint density at radius 2 is 1.75 bits per heavy atom. The Hall–Kier alpha value is -0.500. The highest BCUT2D eigenvalue weighted by molar-refractivity contribution is 5.16. The molecule has 5 atom stereocenters. The Morgan fingerprint density at radius 3 is 2.30 bits per heavy atom. The predicted molar refractivity (Wildman–Crippen MR) is 68.7 cm³/mol. The second-order valence-electron chi connectivity index (χ2n) is 6.44. The molecule has 3 aliphatic rings. The van der Waals surface area contributed by atoms with Gasteiger partial charge in [-0.2, -0.15) is 0 Å². The van der Waals surface area contributed by atoms with Crippen molar-refractivity contribution < 1.29 is 28.8 Å². The molecule has 3 fully saturated rings. The van der Waals surface area contributed by atoms with Gasteiger partial charge in [-0.1, -0.05) is 6.08 Å². The first-order valence-electron chi connectivity index (χ1n) is 6.86. The molecular formula is C14H22O6. The highest BCUT2D eigenvalue weighted by atomic mass is 16.8. The fourth-order valence-electron chi connectivity index (χ4n) is 3.04. The molecule has 3 saturated heterocycles. The van der Waals surface area contributed by atoms with Crippen molar-refractivity contribution in [2.45, 2.75) is 69.5 Å². The minimum Gasteiger partial charge on any atom is -0.380 e. The maximum atomic E-state index is 10.9. The molecule has 20 heavy (non-hydrogen) atoms. The second kappa shape index (κ2) is 4.25. The zero-order valence-corrected chi connectivity index (χ0v) is 12.3. The predicted octanol–water partition coefficient (Wildman–Crippen LogP) is 0.931. The molecule has 0 amide bonds. The SMILES string of the molecule is C=CC1(O)[C@@H](C2COC(C)(C)O2)O[C@@H]2OC(C)(C)O[C@@H]21. The first-order chi connectivity index (χ1) is 9.17. The molecule has 6 nitrogen and oxygen atoms in total. The van der Waals surface area contributed by atoms with Gasteiger partial charge in [0.2, 0.25) is 0 Å². The van der Waals surface area contributed by atoms with Crippen LogP contribution in [-0.4, -0.2) is 53.5 Å². The molecule has 0 bridgehead atoms. The van der Waals surface area contributed by atoms with E-state index in [4.69, 9.17) is 23.7 Å². The third kappa shape index (κ3) is 2.11. The van der Waals surface area contributed by atoms with Crippen molar-refractivity contribution in [3.8, 4) is 0 Å². The van der Waals surface area contributed by atoms with Gasteiger partial charge in [0.05, 0.1) is 6.61 Å². The first-order valence-corrected chi connectivity index (χ1v) is 6.86. The van der Waals surface area contributed by atoms with E-state index in [1.54, 1.807) is 13.8 Å². The van der Waals surface area contributed by atoms with Crippen molar-refractivity contribution >= 4 is 0 Å². The molecule has 0 aromatic carbocycles. The van der Waals surface area contributed by atoms with E-state index >= 15 is 0 Å². The van der Waals surface area contributed by atoms with Crippen LogP contribution in [0.3, 0.4) is 0 Å². The van der Waals surface area contributed by atoms with Gasteiger partial charge >= 0.3 is 0 Å². The summed E-state index contributed by atoms with van der Waals surface area (Å²) in [4.78, 5) is 0. The Labute approximate surface area is 118 Å². The molecule has 0 aromatic rings. The lowest BCUT2D eigenvalue weighted by atomic mass is 9.89. The van der Waals surface area contributed by atoms with Crippen LogP contribution in [0.5, 0.6) is 0 Å². The highest BCUT2D eigenvalue weighted by Gasteiger charge is 2.64. The van der Waals surface area contributed by atoms with Crippen LogP contribution < -0.4 is 0 Å². The van der Waals surface area contributed by atoms with E-state index in [9.17, 15) is 5.11 Å². The lowest BCUT2D eigenvalue weighted by Gasteiger charge is -2.33.